The van der Waals surface area contributed by atoms with Crippen LogP contribution in [0.1, 0.15) is 22.7 Å². The van der Waals surface area contributed by atoms with Gasteiger partial charge in [-0.3, -0.25) is 4.79 Å². The van der Waals surface area contributed by atoms with E-state index in [-0.39, 0.29) is 36.4 Å². The number of amides is 1. The molecule has 1 aliphatic rings. The van der Waals surface area contributed by atoms with E-state index in [1.165, 1.54) is 0 Å². The van der Waals surface area contributed by atoms with Gasteiger partial charge in [0.2, 0.25) is 11.7 Å². The van der Waals surface area contributed by atoms with Gasteiger partial charge in [0.15, 0.2) is 0 Å². The normalized spacial score (nSPS) is 18.3. The van der Waals surface area contributed by atoms with Gasteiger partial charge in [-0.15, -0.1) is 0 Å². The van der Waals surface area contributed by atoms with Crippen molar-refractivity contribution in [1.82, 2.24) is 29.3 Å². The smallest absolute Gasteiger partial charge is 0.379 e. The minimum absolute atomic E-state index is 0.0332. The van der Waals surface area contributed by atoms with Crippen molar-refractivity contribution in [3.8, 4) is 11.5 Å². The van der Waals surface area contributed by atoms with Crippen LogP contribution in [0.5, 0.6) is 0 Å². The maximum atomic E-state index is 14.7. The van der Waals surface area contributed by atoms with Crippen molar-refractivity contribution in [2.75, 3.05) is 25.5 Å². The Balaban J connectivity index is 1.26. The zero-order valence-corrected chi connectivity index (χ0v) is 22.0. The van der Waals surface area contributed by atoms with E-state index in [9.17, 15) is 22.4 Å². The Bertz CT molecular complexity index is 1670. The Labute approximate surface area is 231 Å². The fourth-order valence-corrected chi connectivity index (χ4v) is 5.23. The van der Waals surface area contributed by atoms with E-state index in [2.05, 4.69) is 20.8 Å². The van der Waals surface area contributed by atoms with Crippen LogP contribution < -0.4 is 10.6 Å². The van der Waals surface area contributed by atoms with Gasteiger partial charge < -0.3 is 29.0 Å². The summed E-state index contributed by atoms with van der Waals surface area (Å²) in [5, 5.41) is 10.3. The molecule has 2 atom stereocenters. The van der Waals surface area contributed by atoms with E-state index in [4.69, 9.17) is 4.52 Å². The number of alkyl halides is 4. The molecule has 1 fully saturated rings. The maximum absolute atomic E-state index is 14.7. The minimum Gasteiger partial charge on any atom is -0.379 e. The number of benzene rings is 1. The highest BCUT2D eigenvalue weighted by atomic mass is 19.4. The predicted octanol–water partition coefficient (Wildman–Crippen LogP) is 4.89. The molecule has 13 heteroatoms. The molecule has 41 heavy (non-hydrogen) atoms. The highest BCUT2D eigenvalue weighted by Crippen LogP contribution is 2.35. The first-order chi connectivity index (χ1) is 19.6. The molecule has 1 aromatic carbocycles. The fourth-order valence-electron chi connectivity index (χ4n) is 5.23. The van der Waals surface area contributed by atoms with Gasteiger partial charge in [-0.25, -0.2) is 4.39 Å². The van der Waals surface area contributed by atoms with Crippen LogP contribution in [-0.2, 0) is 13.1 Å². The summed E-state index contributed by atoms with van der Waals surface area (Å²) in [4.78, 5) is 18.8. The van der Waals surface area contributed by atoms with Crippen LogP contribution in [0.25, 0.3) is 27.9 Å². The number of aromatic nitrogens is 4. The lowest BCUT2D eigenvalue weighted by atomic mass is 10.0. The number of nitrogens with zero attached hydrogens (tertiary/aromatic N) is 5. The van der Waals surface area contributed by atoms with Crippen molar-refractivity contribution in [1.29, 1.82) is 0 Å². The van der Waals surface area contributed by atoms with Gasteiger partial charge >= 0.3 is 6.18 Å². The number of piperidine rings is 1. The quantitative estimate of drug-likeness (QED) is 0.271. The second-order valence-corrected chi connectivity index (χ2v) is 10.2. The number of carbonyl (C=O) groups excluding carboxylic acids is 1. The Kier molecular flexibility index (Phi) is 6.89. The van der Waals surface area contributed by atoms with Crippen molar-refractivity contribution >= 4 is 28.0 Å². The van der Waals surface area contributed by atoms with E-state index >= 15 is 0 Å². The molecule has 5 heterocycles. The number of hydrogen-bond acceptors (Lipinski definition) is 6. The Hall–Kier alpha value is -4.39. The fraction of sp³-hybridized carbons (Fsp3) is 0.321. The number of pyridine rings is 1. The average molecular weight is 570 g/mol. The molecule has 9 nitrogen and oxygen atoms in total. The number of likely N-dealkylation sites (tertiary alicyclic amines) is 1. The summed E-state index contributed by atoms with van der Waals surface area (Å²) in [6.07, 6.45) is -1.59. The van der Waals surface area contributed by atoms with Gasteiger partial charge in [0.05, 0.1) is 29.4 Å². The van der Waals surface area contributed by atoms with Gasteiger partial charge in [0, 0.05) is 42.1 Å². The van der Waals surface area contributed by atoms with Crippen molar-refractivity contribution in [3.63, 3.8) is 0 Å². The monoisotopic (exact) mass is 569 g/mol. The van der Waals surface area contributed by atoms with Crippen LogP contribution >= 0.6 is 0 Å². The molecule has 1 amide bonds. The van der Waals surface area contributed by atoms with Crippen molar-refractivity contribution in [3.05, 3.63) is 72.4 Å². The summed E-state index contributed by atoms with van der Waals surface area (Å²) in [6, 6.07) is 13.3. The third kappa shape index (κ3) is 5.62. The number of fused-ring (bicyclic) bond motifs is 2. The molecule has 214 valence electrons. The highest BCUT2D eigenvalue weighted by Gasteiger charge is 2.32. The minimum atomic E-state index is -4.52. The summed E-state index contributed by atoms with van der Waals surface area (Å²) >= 11 is 0. The zero-order chi connectivity index (χ0) is 28.7. The molecule has 2 N–H and O–H groups in total. The predicted molar refractivity (Wildman–Crippen MR) is 144 cm³/mol. The van der Waals surface area contributed by atoms with E-state index in [0.29, 0.717) is 35.1 Å². The van der Waals surface area contributed by atoms with Crippen LogP contribution in [-0.4, -0.2) is 68.4 Å². The summed E-state index contributed by atoms with van der Waals surface area (Å²) in [6.45, 7) is -0.411. The SMILES string of the molecule is CN1CC[C@@H](Nc2cccc3c2cc(-c2noc(CNC(=O)c4cc5ccccn5c4)n2)n3CC(F)(F)F)[C@@H](F)C1. The summed E-state index contributed by atoms with van der Waals surface area (Å²) in [5.74, 6) is -0.390. The van der Waals surface area contributed by atoms with Crippen LogP contribution in [0.3, 0.4) is 0 Å². The van der Waals surface area contributed by atoms with Crippen LogP contribution in [0.15, 0.2) is 65.4 Å². The van der Waals surface area contributed by atoms with Crippen molar-refractivity contribution in [2.45, 2.75) is 37.9 Å². The van der Waals surface area contributed by atoms with Gasteiger partial charge in [0.1, 0.15) is 12.7 Å². The Morgan fingerprint density at radius 1 is 1.17 bits per heavy atom. The summed E-state index contributed by atoms with van der Waals surface area (Å²) in [7, 11) is 1.85. The van der Waals surface area contributed by atoms with E-state index < -0.39 is 24.9 Å². The number of hydrogen-bond donors (Lipinski definition) is 2. The number of anilines is 1. The Morgan fingerprint density at radius 2 is 2.02 bits per heavy atom. The van der Waals surface area contributed by atoms with Crippen LogP contribution in [0, 0.1) is 0 Å². The third-order valence-electron chi connectivity index (χ3n) is 7.23. The lowest BCUT2D eigenvalue weighted by Gasteiger charge is -2.33. The number of nitrogens with one attached hydrogen (secondary N) is 2. The molecular formula is C28H27F4N7O2. The first-order valence-corrected chi connectivity index (χ1v) is 13.1. The van der Waals surface area contributed by atoms with Crippen LogP contribution in [0.4, 0.5) is 23.2 Å². The topological polar surface area (TPSA) is 92.6 Å². The molecule has 0 radical (unpaired) electrons. The molecule has 0 unspecified atom stereocenters. The first-order valence-electron chi connectivity index (χ1n) is 13.1. The average Bonchev–Trinajstić information content (AvgIpc) is 3.66. The van der Waals surface area contributed by atoms with Gasteiger partial charge in [-0.2, -0.15) is 18.2 Å². The van der Waals surface area contributed by atoms with Gasteiger partial charge in [-0.05, 0) is 49.9 Å². The first kappa shape index (κ1) is 26.8. The zero-order valence-electron chi connectivity index (χ0n) is 22.0. The molecule has 0 aliphatic carbocycles. The highest BCUT2D eigenvalue weighted by molar-refractivity contribution is 5.96. The third-order valence-corrected chi connectivity index (χ3v) is 7.23. The molecule has 0 bridgehead atoms. The molecule has 4 aromatic heterocycles. The Morgan fingerprint density at radius 3 is 2.80 bits per heavy atom. The molecule has 1 saturated heterocycles. The molecule has 0 saturated carbocycles. The van der Waals surface area contributed by atoms with E-state index in [1.54, 1.807) is 36.5 Å². The van der Waals surface area contributed by atoms with Gasteiger partial charge in [0.25, 0.3) is 5.91 Å². The molecule has 5 aromatic rings. The lowest BCUT2D eigenvalue weighted by molar-refractivity contribution is -0.139. The standard InChI is InChI=1S/C28H27F4N7O2/c1-37-10-8-22(20(29)15-37)34-21-6-4-7-23-19(21)12-24(39(23)16-28(30,31)32)26-35-25(41-36-26)13-33-27(40)17-11-18-5-2-3-9-38(18)14-17/h2-7,9,11-12,14,20,22,34H,8,10,13,15-16H2,1H3,(H,33,40)/t20-,22+/m0/s1. The number of carbonyl (C=O) groups is 1. The molecule has 1 aliphatic heterocycles. The lowest BCUT2D eigenvalue weighted by Crippen LogP contribution is -2.46. The van der Waals surface area contributed by atoms with Crippen molar-refractivity contribution in [2.24, 2.45) is 0 Å². The van der Waals surface area contributed by atoms with Gasteiger partial charge in [-0.1, -0.05) is 17.3 Å². The van der Waals surface area contributed by atoms with Crippen molar-refractivity contribution < 1.29 is 26.9 Å². The largest absolute Gasteiger partial charge is 0.406 e. The number of rotatable bonds is 7. The number of halogens is 4. The summed E-state index contributed by atoms with van der Waals surface area (Å²) in [5.41, 5.74) is 2.19. The van der Waals surface area contributed by atoms with Crippen LogP contribution in [0.2, 0.25) is 0 Å². The second-order valence-electron chi connectivity index (χ2n) is 10.2. The maximum Gasteiger partial charge on any atom is 0.406 e. The summed E-state index contributed by atoms with van der Waals surface area (Å²) < 4.78 is 63.8. The molecule has 6 rings (SSSR count). The van der Waals surface area contributed by atoms with E-state index in [0.717, 1.165) is 10.1 Å². The second kappa shape index (κ2) is 10.5. The molecular weight excluding hydrogens is 542 g/mol. The molecule has 0 spiro atoms. The van der Waals surface area contributed by atoms with E-state index in [1.807, 2.05) is 40.7 Å².